The van der Waals surface area contributed by atoms with Gasteiger partial charge in [0.25, 0.3) is 5.89 Å². The zero-order chi connectivity index (χ0) is 13.1. The van der Waals surface area contributed by atoms with Crippen molar-refractivity contribution in [3.63, 3.8) is 0 Å². The van der Waals surface area contributed by atoms with Crippen LogP contribution in [0, 0.1) is 0 Å². The maximum atomic E-state index is 11.6. The summed E-state index contributed by atoms with van der Waals surface area (Å²) in [4.78, 5) is 16.2. The summed E-state index contributed by atoms with van der Waals surface area (Å²) in [7, 11) is 0. The van der Waals surface area contributed by atoms with Crippen LogP contribution in [-0.4, -0.2) is 16.1 Å². The van der Waals surface area contributed by atoms with Crippen LogP contribution in [0.5, 0.6) is 0 Å². The molecular weight excluding hydrogens is 268 g/mol. The molecular formula is C12H8N2O4S. The molecule has 0 spiro atoms. The van der Waals surface area contributed by atoms with Crippen LogP contribution in [0.3, 0.4) is 0 Å². The Morgan fingerprint density at radius 2 is 2.32 bits per heavy atom. The molecule has 0 saturated heterocycles. The van der Waals surface area contributed by atoms with Crippen LogP contribution >= 0.6 is 11.3 Å². The highest BCUT2D eigenvalue weighted by molar-refractivity contribution is 7.11. The molecule has 0 aromatic carbocycles. The minimum Gasteiger partial charge on any atom is -0.459 e. The predicted octanol–water partition coefficient (Wildman–Crippen LogP) is 2.75. The average molecular weight is 276 g/mol. The predicted molar refractivity (Wildman–Crippen MR) is 65.4 cm³/mol. The molecule has 96 valence electrons. The molecule has 3 aromatic heterocycles. The molecule has 0 aliphatic carbocycles. The molecule has 6 nitrogen and oxygen atoms in total. The molecule has 0 aliphatic heterocycles. The lowest BCUT2D eigenvalue weighted by Gasteiger charge is -1.97. The fourth-order valence-electron chi connectivity index (χ4n) is 1.41. The molecule has 0 radical (unpaired) electrons. The highest BCUT2D eigenvalue weighted by atomic mass is 32.1. The van der Waals surface area contributed by atoms with Crippen LogP contribution in [-0.2, 0) is 11.3 Å². The number of hydrogen-bond donors (Lipinski definition) is 0. The van der Waals surface area contributed by atoms with Crippen molar-refractivity contribution in [1.29, 1.82) is 0 Å². The van der Waals surface area contributed by atoms with Crippen molar-refractivity contribution in [2.45, 2.75) is 6.61 Å². The van der Waals surface area contributed by atoms with Gasteiger partial charge in [-0.2, -0.15) is 4.98 Å². The highest BCUT2D eigenvalue weighted by Crippen LogP contribution is 2.17. The number of carbonyl (C=O) groups excluding carboxylic acids is 1. The highest BCUT2D eigenvalue weighted by Gasteiger charge is 2.13. The van der Waals surface area contributed by atoms with E-state index in [9.17, 15) is 4.79 Å². The first-order valence-electron chi connectivity index (χ1n) is 5.40. The number of hydrogen-bond acceptors (Lipinski definition) is 7. The molecule has 0 N–H and O–H groups in total. The maximum Gasteiger partial charge on any atom is 0.348 e. The second-order valence-electron chi connectivity index (χ2n) is 3.55. The third kappa shape index (κ3) is 2.55. The SMILES string of the molecule is O=C(OCc1noc(-c2ccco2)n1)c1cccs1. The second-order valence-corrected chi connectivity index (χ2v) is 4.49. The van der Waals surface area contributed by atoms with Gasteiger partial charge in [-0.25, -0.2) is 4.79 Å². The summed E-state index contributed by atoms with van der Waals surface area (Å²) in [6.45, 7) is -0.0407. The van der Waals surface area contributed by atoms with Gasteiger partial charge in [0.05, 0.1) is 6.26 Å². The summed E-state index contributed by atoms with van der Waals surface area (Å²) in [5, 5.41) is 5.51. The van der Waals surface area contributed by atoms with Crippen LogP contribution in [0.25, 0.3) is 11.7 Å². The summed E-state index contributed by atoms with van der Waals surface area (Å²) in [6.07, 6.45) is 1.51. The van der Waals surface area contributed by atoms with Crippen LogP contribution in [0.1, 0.15) is 15.5 Å². The van der Waals surface area contributed by atoms with Crippen molar-refractivity contribution in [2.24, 2.45) is 0 Å². The van der Waals surface area contributed by atoms with Crippen molar-refractivity contribution >= 4 is 17.3 Å². The minimum absolute atomic E-state index is 0.0407. The molecule has 7 heteroatoms. The lowest BCUT2D eigenvalue weighted by molar-refractivity contribution is 0.0465. The smallest absolute Gasteiger partial charge is 0.348 e. The largest absolute Gasteiger partial charge is 0.459 e. The van der Waals surface area contributed by atoms with Crippen LogP contribution in [0.4, 0.5) is 0 Å². The number of thiophene rings is 1. The number of esters is 1. The quantitative estimate of drug-likeness (QED) is 0.682. The van der Waals surface area contributed by atoms with Gasteiger partial charge in [0, 0.05) is 0 Å². The number of carbonyl (C=O) groups is 1. The van der Waals surface area contributed by atoms with E-state index in [1.54, 1.807) is 29.6 Å². The molecule has 3 heterocycles. The zero-order valence-electron chi connectivity index (χ0n) is 9.61. The molecule has 0 unspecified atom stereocenters. The van der Waals surface area contributed by atoms with Crippen molar-refractivity contribution < 1.29 is 18.5 Å². The molecule has 19 heavy (non-hydrogen) atoms. The van der Waals surface area contributed by atoms with Gasteiger partial charge in [-0.05, 0) is 23.6 Å². The van der Waals surface area contributed by atoms with E-state index in [0.29, 0.717) is 10.6 Å². The van der Waals surface area contributed by atoms with Crippen molar-refractivity contribution in [2.75, 3.05) is 0 Å². The lowest BCUT2D eigenvalue weighted by Crippen LogP contribution is -2.04. The number of rotatable bonds is 4. The topological polar surface area (TPSA) is 78.4 Å². The Hall–Kier alpha value is -2.41. The minimum atomic E-state index is -0.403. The summed E-state index contributed by atoms with van der Waals surface area (Å²) in [6, 6.07) is 6.90. The lowest BCUT2D eigenvalue weighted by atomic mass is 10.4. The van der Waals surface area contributed by atoms with Gasteiger partial charge in [-0.3, -0.25) is 0 Å². The van der Waals surface area contributed by atoms with E-state index in [1.165, 1.54) is 17.6 Å². The molecule has 0 atom stereocenters. The molecule has 0 amide bonds. The molecule has 3 rings (SSSR count). The normalized spacial score (nSPS) is 10.5. The Kier molecular flexibility index (Phi) is 3.11. The Morgan fingerprint density at radius 3 is 3.05 bits per heavy atom. The van der Waals surface area contributed by atoms with Gasteiger partial charge >= 0.3 is 5.97 Å². The van der Waals surface area contributed by atoms with Gasteiger partial charge in [0.15, 0.2) is 12.4 Å². The van der Waals surface area contributed by atoms with Crippen molar-refractivity contribution in [1.82, 2.24) is 10.1 Å². The fourth-order valence-corrected chi connectivity index (χ4v) is 2.02. The van der Waals surface area contributed by atoms with E-state index in [1.807, 2.05) is 0 Å². The number of nitrogens with zero attached hydrogens (tertiary/aromatic N) is 2. The van der Waals surface area contributed by atoms with Gasteiger partial charge in [-0.15, -0.1) is 11.3 Å². The van der Waals surface area contributed by atoms with Gasteiger partial charge in [0.1, 0.15) is 4.88 Å². The van der Waals surface area contributed by atoms with E-state index in [0.717, 1.165) is 0 Å². The van der Waals surface area contributed by atoms with Gasteiger partial charge < -0.3 is 13.7 Å². The first kappa shape index (κ1) is 11.7. The number of furan rings is 1. The molecule has 3 aromatic rings. The number of ether oxygens (including phenoxy) is 1. The van der Waals surface area contributed by atoms with E-state index in [2.05, 4.69) is 10.1 Å². The zero-order valence-corrected chi connectivity index (χ0v) is 10.4. The van der Waals surface area contributed by atoms with E-state index < -0.39 is 5.97 Å². The maximum absolute atomic E-state index is 11.6. The standard InChI is InChI=1S/C12H8N2O4S/c15-12(9-4-2-6-19-9)17-7-10-13-11(18-14-10)8-3-1-5-16-8/h1-6H,7H2. The monoisotopic (exact) mass is 276 g/mol. The Morgan fingerprint density at radius 1 is 1.37 bits per heavy atom. The Bertz CT molecular complexity index is 658. The van der Waals surface area contributed by atoms with Crippen molar-refractivity contribution in [3.8, 4) is 11.7 Å². The first-order chi connectivity index (χ1) is 9.33. The summed E-state index contributed by atoms with van der Waals surface area (Å²) in [5.74, 6) is 0.617. The van der Waals surface area contributed by atoms with Crippen molar-refractivity contribution in [3.05, 3.63) is 46.6 Å². The third-order valence-corrected chi connectivity index (χ3v) is 3.10. The Balaban J connectivity index is 1.63. The number of aromatic nitrogens is 2. The van der Waals surface area contributed by atoms with E-state index >= 15 is 0 Å². The summed E-state index contributed by atoms with van der Waals surface area (Å²) < 4.78 is 15.2. The third-order valence-electron chi connectivity index (χ3n) is 2.25. The Labute approximate surface area is 111 Å². The first-order valence-corrected chi connectivity index (χ1v) is 6.28. The van der Waals surface area contributed by atoms with E-state index in [4.69, 9.17) is 13.7 Å². The fraction of sp³-hybridized carbons (Fsp3) is 0.0833. The average Bonchev–Trinajstić information content (AvgIpc) is 3.14. The van der Waals surface area contributed by atoms with Gasteiger partial charge in [0.2, 0.25) is 5.82 Å². The molecule has 0 saturated carbocycles. The summed E-state index contributed by atoms with van der Waals surface area (Å²) in [5.41, 5.74) is 0. The molecule has 0 bridgehead atoms. The van der Waals surface area contributed by atoms with Crippen LogP contribution < -0.4 is 0 Å². The van der Waals surface area contributed by atoms with E-state index in [-0.39, 0.29) is 18.3 Å². The second kappa shape index (κ2) is 5.07. The van der Waals surface area contributed by atoms with Crippen LogP contribution in [0.2, 0.25) is 0 Å². The van der Waals surface area contributed by atoms with Gasteiger partial charge in [-0.1, -0.05) is 11.2 Å². The van der Waals surface area contributed by atoms with Crippen LogP contribution in [0.15, 0.2) is 44.8 Å². The molecule has 0 aliphatic rings. The molecule has 0 fully saturated rings. The summed E-state index contributed by atoms with van der Waals surface area (Å²) >= 11 is 1.32.